The fraction of sp³-hybridized carbons (Fsp3) is 0.600. The number of rotatable bonds is 0. The van der Waals surface area contributed by atoms with Crippen LogP contribution in [0.15, 0.2) is 23.8 Å². The molecule has 1 heteroatoms. The predicted molar refractivity (Wildman–Crippen MR) is 47.3 cm³/mol. The Balaban J connectivity index is 2.79. The van der Waals surface area contributed by atoms with E-state index in [4.69, 9.17) is 0 Å². The molecule has 1 aliphatic carbocycles. The summed E-state index contributed by atoms with van der Waals surface area (Å²) in [6.07, 6.45) is 6.73. The van der Waals surface area contributed by atoms with Crippen LogP contribution in [0.2, 0.25) is 0 Å². The summed E-state index contributed by atoms with van der Waals surface area (Å²) < 4.78 is 0. The van der Waals surface area contributed by atoms with E-state index in [1.807, 2.05) is 19.1 Å². The molecule has 0 saturated heterocycles. The van der Waals surface area contributed by atoms with Crippen molar-refractivity contribution in [3.63, 3.8) is 0 Å². The maximum absolute atomic E-state index is 9.59. The SMILES string of the molecule is CC1=CC=CC(C)(C)C[C@@H]1O. The maximum atomic E-state index is 9.59. The van der Waals surface area contributed by atoms with Gasteiger partial charge in [0.2, 0.25) is 0 Å². The molecule has 1 nitrogen and oxygen atoms in total. The van der Waals surface area contributed by atoms with Crippen LogP contribution in [0.4, 0.5) is 0 Å². The summed E-state index contributed by atoms with van der Waals surface area (Å²) in [6.45, 7) is 6.24. The molecule has 0 amide bonds. The van der Waals surface area contributed by atoms with Crippen molar-refractivity contribution < 1.29 is 5.11 Å². The van der Waals surface area contributed by atoms with E-state index in [-0.39, 0.29) is 11.5 Å². The molecule has 0 aromatic rings. The highest BCUT2D eigenvalue weighted by Crippen LogP contribution is 2.28. The van der Waals surface area contributed by atoms with Crippen molar-refractivity contribution in [1.29, 1.82) is 0 Å². The molecule has 11 heavy (non-hydrogen) atoms. The Labute approximate surface area is 68.4 Å². The maximum Gasteiger partial charge on any atom is 0.0758 e. The first-order valence-electron chi connectivity index (χ1n) is 4.05. The van der Waals surface area contributed by atoms with Gasteiger partial charge in [0.05, 0.1) is 6.10 Å². The van der Waals surface area contributed by atoms with E-state index in [1.165, 1.54) is 0 Å². The molecule has 0 saturated carbocycles. The minimum atomic E-state index is -0.264. The van der Waals surface area contributed by atoms with Gasteiger partial charge in [-0.15, -0.1) is 0 Å². The van der Waals surface area contributed by atoms with Crippen LogP contribution in [0.1, 0.15) is 27.2 Å². The molecule has 0 radical (unpaired) electrons. The third-order valence-electron chi connectivity index (χ3n) is 2.15. The Morgan fingerprint density at radius 1 is 1.55 bits per heavy atom. The fourth-order valence-electron chi connectivity index (χ4n) is 1.30. The van der Waals surface area contributed by atoms with E-state index >= 15 is 0 Å². The van der Waals surface area contributed by atoms with Gasteiger partial charge < -0.3 is 5.11 Å². The van der Waals surface area contributed by atoms with Gasteiger partial charge in [0.1, 0.15) is 0 Å². The van der Waals surface area contributed by atoms with Crippen molar-refractivity contribution in [2.45, 2.75) is 33.3 Å². The average molecular weight is 152 g/mol. The third kappa shape index (κ3) is 2.19. The lowest BCUT2D eigenvalue weighted by atomic mass is 9.86. The van der Waals surface area contributed by atoms with Crippen molar-refractivity contribution in [2.75, 3.05) is 0 Å². The summed E-state index contributed by atoms with van der Waals surface area (Å²) in [4.78, 5) is 0. The van der Waals surface area contributed by atoms with E-state index in [0.717, 1.165) is 12.0 Å². The summed E-state index contributed by atoms with van der Waals surface area (Å²) in [5, 5.41) is 9.59. The zero-order valence-corrected chi connectivity index (χ0v) is 7.46. The van der Waals surface area contributed by atoms with Crippen LogP contribution in [-0.4, -0.2) is 11.2 Å². The number of hydrogen-bond acceptors (Lipinski definition) is 1. The van der Waals surface area contributed by atoms with Crippen LogP contribution in [0.3, 0.4) is 0 Å². The van der Waals surface area contributed by atoms with Crippen LogP contribution in [0.25, 0.3) is 0 Å². The monoisotopic (exact) mass is 152 g/mol. The van der Waals surface area contributed by atoms with Gasteiger partial charge >= 0.3 is 0 Å². The van der Waals surface area contributed by atoms with Crippen LogP contribution in [0, 0.1) is 5.41 Å². The molecule has 0 spiro atoms. The Bertz CT molecular complexity index is 199. The number of aliphatic hydroxyl groups is 1. The first-order chi connectivity index (χ1) is 5.01. The summed E-state index contributed by atoms with van der Waals surface area (Å²) in [5.74, 6) is 0. The van der Waals surface area contributed by atoms with Crippen molar-refractivity contribution in [2.24, 2.45) is 5.41 Å². The summed E-state index contributed by atoms with van der Waals surface area (Å²) in [7, 11) is 0. The van der Waals surface area contributed by atoms with E-state index < -0.39 is 0 Å². The molecule has 1 rings (SSSR count). The highest BCUT2D eigenvalue weighted by Gasteiger charge is 2.21. The lowest BCUT2D eigenvalue weighted by molar-refractivity contribution is 0.164. The van der Waals surface area contributed by atoms with E-state index in [1.54, 1.807) is 0 Å². The number of allylic oxidation sites excluding steroid dienone is 3. The van der Waals surface area contributed by atoms with E-state index in [2.05, 4.69) is 19.9 Å². The van der Waals surface area contributed by atoms with Crippen molar-refractivity contribution >= 4 is 0 Å². The van der Waals surface area contributed by atoms with Gasteiger partial charge in [-0.2, -0.15) is 0 Å². The van der Waals surface area contributed by atoms with Gasteiger partial charge in [-0.25, -0.2) is 0 Å². The van der Waals surface area contributed by atoms with Gasteiger partial charge in [-0.1, -0.05) is 32.1 Å². The number of hydrogen-bond donors (Lipinski definition) is 1. The molecule has 0 aliphatic heterocycles. The second-order valence-corrected chi connectivity index (χ2v) is 3.98. The van der Waals surface area contributed by atoms with Gasteiger partial charge in [-0.05, 0) is 24.3 Å². The van der Waals surface area contributed by atoms with Crippen LogP contribution < -0.4 is 0 Å². The van der Waals surface area contributed by atoms with Gasteiger partial charge in [0.25, 0.3) is 0 Å². The molecule has 62 valence electrons. The Kier molecular flexibility index (Phi) is 2.19. The summed E-state index contributed by atoms with van der Waals surface area (Å²) in [6, 6.07) is 0. The Morgan fingerprint density at radius 2 is 2.18 bits per heavy atom. The van der Waals surface area contributed by atoms with Crippen molar-refractivity contribution in [1.82, 2.24) is 0 Å². The largest absolute Gasteiger partial charge is 0.389 e. The van der Waals surface area contributed by atoms with E-state index in [0.29, 0.717) is 0 Å². The molecule has 0 aromatic carbocycles. The fourth-order valence-corrected chi connectivity index (χ4v) is 1.30. The molecule has 1 N–H and O–H groups in total. The van der Waals surface area contributed by atoms with Crippen LogP contribution >= 0.6 is 0 Å². The zero-order valence-electron chi connectivity index (χ0n) is 7.46. The van der Waals surface area contributed by atoms with Crippen LogP contribution in [0.5, 0.6) is 0 Å². The highest BCUT2D eigenvalue weighted by molar-refractivity contribution is 5.20. The predicted octanol–water partition coefficient (Wildman–Crippen LogP) is 2.28. The Morgan fingerprint density at radius 3 is 2.82 bits per heavy atom. The second-order valence-electron chi connectivity index (χ2n) is 3.98. The minimum Gasteiger partial charge on any atom is -0.389 e. The molecule has 0 heterocycles. The normalized spacial score (nSPS) is 29.5. The standard InChI is InChI=1S/C10H16O/c1-8-5-4-6-10(2,3)7-9(8)11/h4-6,9,11H,7H2,1-3H3/t9-/m0/s1. The molecule has 0 aromatic heterocycles. The zero-order chi connectivity index (χ0) is 8.48. The molecule has 0 unspecified atom stereocenters. The first kappa shape index (κ1) is 8.54. The minimum absolute atomic E-state index is 0.133. The molecule has 1 aliphatic rings. The second kappa shape index (κ2) is 2.82. The summed E-state index contributed by atoms with van der Waals surface area (Å²) >= 11 is 0. The average Bonchev–Trinajstić information content (AvgIpc) is 1.93. The van der Waals surface area contributed by atoms with Gasteiger partial charge in [0, 0.05) is 0 Å². The molecule has 0 bridgehead atoms. The summed E-state index contributed by atoms with van der Waals surface area (Å²) in [5.41, 5.74) is 1.19. The van der Waals surface area contributed by atoms with Crippen molar-refractivity contribution in [3.05, 3.63) is 23.8 Å². The molecule has 0 fully saturated rings. The highest BCUT2D eigenvalue weighted by atomic mass is 16.3. The third-order valence-corrected chi connectivity index (χ3v) is 2.15. The quantitative estimate of drug-likeness (QED) is 0.564. The smallest absolute Gasteiger partial charge is 0.0758 e. The molecule has 1 atom stereocenters. The van der Waals surface area contributed by atoms with Crippen molar-refractivity contribution in [3.8, 4) is 0 Å². The topological polar surface area (TPSA) is 20.2 Å². The van der Waals surface area contributed by atoms with E-state index in [9.17, 15) is 5.11 Å². The lowest BCUT2D eigenvalue weighted by Gasteiger charge is -2.22. The number of aliphatic hydroxyl groups excluding tert-OH is 1. The molecular weight excluding hydrogens is 136 g/mol. The molecular formula is C10H16O. The van der Waals surface area contributed by atoms with Gasteiger partial charge in [-0.3, -0.25) is 0 Å². The Hall–Kier alpha value is -0.560. The van der Waals surface area contributed by atoms with Gasteiger partial charge in [0.15, 0.2) is 0 Å². The van der Waals surface area contributed by atoms with Crippen LogP contribution in [-0.2, 0) is 0 Å². The lowest BCUT2D eigenvalue weighted by Crippen LogP contribution is -2.17. The first-order valence-corrected chi connectivity index (χ1v) is 4.05.